The minimum Gasteiger partial charge on any atom is -0.480 e. The Balaban J connectivity index is 2.71. The lowest BCUT2D eigenvalue weighted by Crippen LogP contribution is -2.51. The minimum absolute atomic E-state index is 0.0480. The van der Waals surface area contributed by atoms with Crippen LogP contribution in [0.3, 0.4) is 0 Å². The highest BCUT2D eigenvalue weighted by molar-refractivity contribution is 5.91. The zero-order valence-corrected chi connectivity index (χ0v) is 14.3. The van der Waals surface area contributed by atoms with Gasteiger partial charge in [-0.1, -0.05) is 26.8 Å². The number of carbonyl (C=O) groups is 3. The Kier molecular flexibility index (Phi) is 6.79. The van der Waals surface area contributed by atoms with Gasteiger partial charge in [-0.15, -0.1) is 6.58 Å². The highest BCUT2D eigenvalue weighted by atomic mass is 16.4. The van der Waals surface area contributed by atoms with Crippen molar-refractivity contribution in [3.8, 4) is 0 Å². The normalized spacial score (nSPS) is 19.3. The summed E-state index contributed by atoms with van der Waals surface area (Å²) in [5.74, 6) is -1.49. The summed E-state index contributed by atoms with van der Waals surface area (Å²) in [5.41, 5.74) is -0.145. The fourth-order valence-corrected chi connectivity index (χ4v) is 2.70. The number of nitrogens with zero attached hydrogens (tertiary/aromatic N) is 1. The number of carboxylic acid groups (broad SMARTS) is 1. The van der Waals surface area contributed by atoms with Crippen molar-refractivity contribution in [2.45, 2.75) is 65.0 Å². The minimum atomic E-state index is -1.06. The van der Waals surface area contributed by atoms with Gasteiger partial charge in [-0.05, 0) is 31.1 Å². The van der Waals surface area contributed by atoms with Crippen molar-refractivity contribution in [1.82, 2.24) is 10.2 Å². The summed E-state index contributed by atoms with van der Waals surface area (Å²) in [5, 5.41) is 11.8. The van der Waals surface area contributed by atoms with Gasteiger partial charge in [0.05, 0.1) is 0 Å². The molecular weight excluding hydrogens is 296 g/mol. The summed E-state index contributed by atoms with van der Waals surface area (Å²) in [6.45, 7) is 10.0. The number of aliphatic carboxylic acids is 1. The number of nitrogens with one attached hydrogen (secondary N) is 1. The molecule has 6 heteroatoms. The highest BCUT2D eigenvalue weighted by Crippen LogP contribution is 2.25. The average molecular weight is 324 g/mol. The van der Waals surface area contributed by atoms with Gasteiger partial charge in [-0.3, -0.25) is 9.59 Å². The van der Waals surface area contributed by atoms with Gasteiger partial charge < -0.3 is 15.3 Å². The lowest BCUT2D eigenvalue weighted by molar-refractivity contribution is -0.144. The van der Waals surface area contributed by atoms with Gasteiger partial charge in [-0.25, -0.2) is 4.79 Å². The van der Waals surface area contributed by atoms with E-state index in [2.05, 4.69) is 11.9 Å². The number of carboxylic acids is 1. The van der Waals surface area contributed by atoms with Gasteiger partial charge in [0.2, 0.25) is 11.8 Å². The largest absolute Gasteiger partial charge is 0.480 e. The van der Waals surface area contributed by atoms with Crippen molar-refractivity contribution in [2.24, 2.45) is 5.41 Å². The first kappa shape index (κ1) is 19.2. The van der Waals surface area contributed by atoms with Gasteiger partial charge >= 0.3 is 5.97 Å². The van der Waals surface area contributed by atoms with Crippen molar-refractivity contribution in [1.29, 1.82) is 0 Å². The Labute approximate surface area is 137 Å². The van der Waals surface area contributed by atoms with Gasteiger partial charge in [-0.2, -0.15) is 0 Å². The molecule has 1 heterocycles. The van der Waals surface area contributed by atoms with E-state index >= 15 is 0 Å². The third kappa shape index (κ3) is 6.04. The molecule has 0 spiro atoms. The summed E-state index contributed by atoms with van der Waals surface area (Å²) in [6.07, 6.45) is 4.14. The smallest absolute Gasteiger partial charge is 0.326 e. The number of carbonyl (C=O) groups excluding carboxylic acids is 2. The first-order valence-corrected chi connectivity index (χ1v) is 8.09. The maximum absolute atomic E-state index is 12.4. The van der Waals surface area contributed by atoms with Crippen molar-refractivity contribution in [2.75, 3.05) is 6.54 Å². The maximum Gasteiger partial charge on any atom is 0.326 e. The molecule has 2 N–H and O–H groups in total. The first-order valence-electron chi connectivity index (χ1n) is 8.09. The van der Waals surface area contributed by atoms with Crippen molar-refractivity contribution in [3.63, 3.8) is 0 Å². The SMILES string of the molecule is C=CCCC(NC(=O)C1CCCN1C(=O)CC(C)(C)C)C(=O)O. The van der Waals surface area contributed by atoms with Crippen LogP contribution in [0.15, 0.2) is 12.7 Å². The summed E-state index contributed by atoms with van der Waals surface area (Å²) in [6, 6.07) is -1.50. The average Bonchev–Trinajstić information content (AvgIpc) is 2.90. The van der Waals surface area contributed by atoms with E-state index in [9.17, 15) is 19.5 Å². The molecule has 1 fully saturated rings. The third-order valence-corrected chi connectivity index (χ3v) is 3.83. The Hall–Kier alpha value is -1.85. The Morgan fingerprint density at radius 3 is 2.57 bits per heavy atom. The molecule has 23 heavy (non-hydrogen) atoms. The maximum atomic E-state index is 12.4. The molecule has 2 amide bonds. The molecule has 6 nitrogen and oxygen atoms in total. The number of hydrogen-bond donors (Lipinski definition) is 2. The van der Waals surface area contributed by atoms with Crippen LogP contribution in [0.2, 0.25) is 0 Å². The number of likely N-dealkylation sites (tertiary alicyclic amines) is 1. The number of amides is 2. The second kappa shape index (κ2) is 8.13. The quantitative estimate of drug-likeness (QED) is 0.701. The van der Waals surface area contributed by atoms with Gasteiger partial charge in [0.1, 0.15) is 12.1 Å². The van der Waals surface area contributed by atoms with Crippen LogP contribution in [0.5, 0.6) is 0 Å². The molecule has 130 valence electrons. The van der Waals surface area contributed by atoms with Gasteiger partial charge in [0.15, 0.2) is 0 Å². The monoisotopic (exact) mass is 324 g/mol. The van der Waals surface area contributed by atoms with E-state index in [0.29, 0.717) is 32.2 Å². The van der Waals surface area contributed by atoms with Crippen LogP contribution in [0, 0.1) is 5.41 Å². The Morgan fingerprint density at radius 2 is 2.04 bits per heavy atom. The predicted molar refractivity (Wildman–Crippen MR) is 87.8 cm³/mol. The molecule has 0 aromatic heterocycles. The van der Waals surface area contributed by atoms with Crippen LogP contribution >= 0.6 is 0 Å². The van der Waals surface area contributed by atoms with E-state index in [4.69, 9.17) is 0 Å². The summed E-state index contributed by atoms with van der Waals surface area (Å²) >= 11 is 0. The summed E-state index contributed by atoms with van der Waals surface area (Å²) in [4.78, 5) is 37.6. The zero-order valence-electron chi connectivity index (χ0n) is 14.3. The first-order chi connectivity index (χ1) is 10.7. The summed E-state index contributed by atoms with van der Waals surface area (Å²) in [7, 11) is 0. The standard InChI is InChI=1S/C17H28N2O4/c1-5-6-8-12(16(22)23)18-15(21)13-9-7-10-19(13)14(20)11-17(2,3)4/h5,12-13H,1,6-11H2,2-4H3,(H,18,21)(H,22,23). The predicted octanol–water partition coefficient (Wildman–Crippen LogP) is 1.95. The molecule has 1 rings (SSSR count). The molecule has 0 aliphatic carbocycles. The van der Waals surface area contributed by atoms with E-state index < -0.39 is 18.1 Å². The van der Waals surface area contributed by atoms with E-state index in [1.54, 1.807) is 11.0 Å². The molecule has 2 unspecified atom stereocenters. The molecule has 0 saturated carbocycles. The van der Waals surface area contributed by atoms with Crippen molar-refractivity contribution >= 4 is 17.8 Å². The summed E-state index contributed by atoms with van der Waals surface area (Å²) < 4.78 is 0. The molecular formula is C17H28N2O4. The molecule has 1 aliphatic heterocycles. The second-order valence-electron chi connectivity index (χ2n) is 7.25. The molecule has 2 atom stereocenters. The number of rotatable bonds is 7. The number of allylic oxidation sites excluding steroid dienone is 1. The van der Waals surface area contributed by atoms with Gasteiger partial charge in [0.25, 0.3) is 0 Å². The molecule has 0 aromatic carbocycles. The van der Waals surface area contributed by atoms with Crippen LogP contribution < -0.4 is 5.32 Å². The van der Waals surface area contributed by atoms with Gasteiger partial charge in [0, 0.05) is 13.0 Å². The lowest BCUT2D eigenvalue weighted by Gasteiger charge is -2.28. The van der Waals surface area contributed by atoms with E-state index in [1.165, 1.54) is 0 Å². The molecule has 1 aliphatic rings. The van der Waals surface area contributed by atoms with E-state index in [-0.39, 0.29) is 17.2 Å². The lowest BCUT2D eigenvalue weighted by atomic mass is 9.91. The second-order valence-corrected chi connectivity index (χ2v) is 7.25. The van der Waals surface area contributed by atoms with E-state index in [1.807, 2.05) is 20.8 Å². The molecule has 0 aromatic rings. The fraction of sp³-hybridized carbons (Fsp3) is 0.706. The van der Waals surface area contributed by atoms with Crippen LogP contribution in [0.25, 0.3) is 0 Å². The third-order valence-electron chi connectivity index (χ3n) is 3.83. The van der Waals surface area contributed by atoms with Crippen LogP contribution in [0.1, 0.15) is 52.9 Å². The van der Waals surface area contributed by atoms with E-state index in [0.717, 1.165) is 6.42 Å². The van der Waals surface area contributed by atoms with Crippen molar-refractivity contribution < 1.29 is 19.5 Å². The Morgan fingerprint density at radius 1 is 1.39 bits per heavy atom. The highest BCUT2D eigenvalue weighted by Gasteiger charge is 2.36. The molecule has 0 radical (unpaired) electrons. The topological polar surface area (TPSA) is 86.7 Å². The zero-order chi connectivity index (χ0) is 17.6. The molecule has 1 saturated heterocycles. The fourth-order valence-electron chi connectivity index (χ4n) is 2.70. The number of hydrogen-bond acceptors (Lipinski definition) is 3. The van der Waals surface area contributed by atoms with Crippen LogP contribution in [-0.2, 0) is 14.4 Å². The molecule has 0 bridgehead atoms. The van der Waals surface area contributed by atoms with Crippen LogP contribution in [-0.4, -0.2) is 46.4 Å². The Bertz CT molecular complexity index is 468. The van der Waals surface area contributed by atoms with Crippen LogP contribution in [0.4, 0.5) is 0 Å². The van der Waals surface area contributed by atoms with Crippen molar-refractivity contribution in [3.05, 3.63) is 12.7 Å².